The van der Waals surface area contributed by atoms with Gasteiger partial charge in [-0.2, -0.15) is 0 Å². The van der Waals surface area contributed by atoms with E-state index in [2.05, 4.69) is 6.92 Å². The second kappa shape index (κ2) is 19.1. The zero-order valence-corrected chi connectivity index (χ0v) is 12.5. The Balaban J connectivity index is 0. The molecule has 0 aromatic rings. The predicted octanol–water partition coefficient (Wildman–Crippen LogP) is 4.60. The molecule has 0 rings (SSSR count). The fourth-order valence-electron chi connectivity index (χ4n) is 2.16. The number of hydrogen-bond acceptors (Lipinski definition) is 2. The van der Waals surface area contributed by atoms with Crippen LogP contribution in [-0.4, -0.2) is 64.0 Å². The van der Waals surface area contributed by atoms with Gasteiger partial charge in [-0.05, 0) is 6.42 Å². The zero-order valence-electron chi connectivity index (χ0n) is 12.5. The Morgan fingerprint density at radius 2 is 1.11 bits per heavy atom. The molecule has 0 fully saturated rings. The normalized spacial score (nSPS) is 10.0. The summed E-state index contributed by atoms with van der Waals surface area (Å²) in [5, 5.41) is 0. The fraction of sp³-hybridized carbons (Fsp3) is 0.938. The fourth-order valence-corrected chi connectivity index (χ4v) is 2.16. The summed E-state index contributed by atoms with van der Waals surface area (Å²) in [6.45, 7) is 4.34. The number of esters is 1. The Bertz CT molecular complexity index is 184. The Hall–Kier alpha value is 1.11. The second-order valence-electron chi connectivity index (χ2n) is 5.23. The molecule has 0 aliphatic heterocycles. The number of ether oxygens (including phenoxy) is 1. The van der Waals surface area contributed by atoms with Crippen molar-refractivity contribution in [1.29, 1.82) is 0 Å². The minimum atomic E-state index is -0.155. The number of carbonyl (C=O) groups is 1. The Morgan fingerprint density at radius 1 is 0.737 bits per heavy atom. The molecule has 0 amide bonds. The summed E-state index contributed by atoms with van der Waals surface area (Å²) >= 11 is 0. The van der Waals surface area contributed by atoms with Gasteiger partial charge in [0.15, 0.2) is 0 Å². The van der Waals surface area contributed by atoms with Crippen molar-refractivity contribution < 1.29 is 9.53 Å². The SMILES string of the molecule is CCCCCCCCCCCCCCOC(C)=O.[KH]. The summed E-state index contributed by atoms with van der Waals surface area (Å²) in [6.07, 6.45) is 16.1. The van der Waals surface area contributed by atoms with Crippen LogP contribution in [0.3, 0.4) is 0 Å². The molecule has 0 saturated heterocycles. The van der Waals surface area contributed by atoms with Crippen LogP contribution in [0.5, 0.6) is 0 Å². The van der Waals surface area contributed by atoms with Crippen LogP contribution in [-0.2, 0) is 9.53 Å². The van der Waals surface area contributed by atoms with Crippen LogP contribution in [0.2, 0.25) is 0 Å². The van der Waals surface area contributed by atoms with Crippen LogP contribution in [0.4, 0.5) is 0 Å². The van der Waals surface area contributed by atoms with Gasteiger partial charge >= 0.3 is 57.4 Å². The van der Waals surface area contributed by atoms with Gasteiger partial charge in [0.1, 0.15) is 0 Å². The van der Waals surface area contributed by atoms with Crippen LogP contribution < -0.4 is 0 Å². The van der Waals surface area contributed by atoms with Gasteiger partial charge in [0.05, 0.1) is 6.61 Å². The zero-order chi connectivity index (χ0) is 13.5. The standard InChI is InChI=1S/C16H32O2.K.H/c1-3-4-5-6-7-8-9-10-11-12-13-14-15-18-16(2)17;;/h3-15H2,1-2H3;;. The van der Waals surface area contributed by atoms with Crippen molar-refractivity contribution >= 4 is 57.4 Å². The van der Waals surface area contributed by atoms with E-state index in [1.54, 1.807) is 0 Å². The number of rotatable bonds is 13. The van der Waals surface area contributed by atoms with Crippen molar-refractivity contribution in [3.05, 3.63) is 0 Å². The van der Waals surface area contributed by atoms with E-state index in [0.717, 1.165) is 6.42 Å². The van der Waals surface area contributed by atoms with E-state index in [9.17, 15) is 4.79 Å². The molecule has 0 heterocycles. The number of hydrogen-bond donors (Lipinski definition) is 0. The molecule has 0 radical (unpaired) electrons. The molecule has 3 heteroatoms. The molecule has 0 spiro atoms. The third-order valence-corrected chi connectivity index (χ3v) is 3.30. The van der Waals surface area contributed by atoms with Gasteiger partial charge in [0.25, 0.3) is 0 Å². The van der Waals surface area contributed by atoms with Crippen molar-refractivity contribution in [2.75, 3.05) is 6.61 Å². The molecule has 0 N–H and O–H groups in total. The maximum absolute atomic E-state index is 10.5. The third kappa shape index (κ3) is 21.6. The number of unbranched alkanes of at least 4 members (excludes halogenated alkanes) is 11. The first-order valence-electron chi connectivity index (χ1n) is 7.90. The molecular formula is C16H33KO2. The van der Waals surface area contributed by atoms with Crippen molar-refractivity contribution in [1.82, 2.24) is 0 Å². The van der Waals surface area contributed by atoms with Crippen LogP contribution in [0.15, 0.2) is 0 Å². The molecule has 19 heavy (non-hydrogen) atoms. The van der Waals surface area contributed by atoms with Gasteiger partial charge in [-0.15, -0.1) is 0 Å². The average Bonchev–Trinajstić information content (AvgIpc) is 2.34. The Labute approximate surface area is 162 Å². The van der Waals surface area contributed by atoms with E-state index >= 15 is 0 Å². The first-order chi connectivity index (χ1) is 8.77. The summed E-state index contributed by atoms with van der Waals surface area (Å²) < 4.78 is 4.89. The van der Waals surface area contributed by atoms with Gasteiger partial charge in [0, 0.05) is 6.92 Å². The van der Waals surface area contributed by atoms with Gasteiger partial charge in [-0.1, -0.05) is 77.6 Å². The first kappa shape index (κ1) is 22.4. The summed E-state index contributed by atoms with van der Waals surface area (Å²) in [5.74, 6) is -0.155. The molecule has 0 aromatic heterocycles. The molecule has 2 nitrogen and oxygen atoms in total. The predicted molar refractivity (Wildman–Crippen MR) is 84.9 cm³/mol. The molecule has 0 bridgehead atoms. The summed E-state index contributed by atoms with van der Waals surface area (Å²) in [7, 11) is 0. The molecule has 0 aliphatic rings. The van der Waals surface area contributed by atoms with E-state index in [1.165, 1.54) is 77.6 Å². The summed E-state index contributed by atoms with van der Waals surface area (Å²) in [6, 6.07) is 0. The van der Waals surface area contributed by atoms with E-state index in [1.807, 2.05) is 0 Å². The van der Waals surface area contributed by atoms with Crippen LogP contribution in [0, 0.1) is 0 Å². The van der Waals surface area contributed by atoms with Crippen molar-refractivity contribution in [2.24, 2.45) is 0 Å². The van der Waals surface area contributed by atoms with Crippen molar-refractivity contribution in [2.45, 2.75) is 90.9 Å². The first-order valence-corrected chi connectivity index (χ1v) is 7.90. The van der Waals surface area contributed by atoms with Crippen molar-refractivity contribution in [3.8, 4) is 0 Å². The van der Waals surface area contributed by atoms with E-state index in [0.29, 0.717) is 6.61 Å². The molecule has 0 saturated carbocycles. The Morgan fingerprint density at radius 3 is 1.47 bits per heavy atom. The summed E-state index contributed by atoms with van der Waals surface area (Å²) in [5.41, 5.74) is 0. The molecule has 0 aromatic carbocycles. The number of carbonyl (C=O) groups excluding carboxylic acids is 1. The molecule has 0 unspecified atom stereocenters. The van der Waals surface area contributed by atoms with Crippen LogP contribution >= 0.6 is 0 Å². The average molecular weight is 297 g/mol. The quantitative estimate of drug-likeness (QED) is 0.282. The monoisotopic (exact) mass is 296 g/mol. The Kier molecular flexibility index (Phi) is 22.5. The van der Waals surface area contributed by atoms with Crippen molar-refractivity contribution in [3.63, 3.8) is 0 Å². The van der Waals surface area contributed by atoms with E-state index in [-0.39, 0.29) is 57.4 Å². The third-order valence-electron chi connectivity index (χ3n) is 3.30. The molecule has 110 valence electrons. The van der Waals surface area contributed by atoms with Crippen LogP contribution in [0.25, 0.3) is 0 Å². The molecule has 0 aliphatic carbocycles. The second-order valence-corrected chi connectivity index (χ2v) is 5.23. The van der Waals surface area contributed by atoms with Gasteiger partial charge in [0.2, 0.25) is 0 Å². The minimum absolute atomic E-state index is 0. The maximum atomic E-state index is 10.5. The van der Waals surface area contributed by atoms with Gasteiger partial charge in [-0.3, -0.25) is 4.79 Å². The van der Waals surface area contributed by atoms with E-state index < -0.39 is 0 Å². The van der Waals surface area contributed by atoms with E-state index in [4.69, 9.17) is 4.74 Å². The molecule has 0 atom stereocenters. The van der Waals surface area contributed by atoms with Gasteiger partial charge in [-0.25, -0.2) is 0 Å². The topological polar surface area (TPSA) is 26.3 Å². The van der Waals surface area contributed by atoms with Gasteiger partial charge < -0.3 is 4.74 Å². The summed E-state index contributed by atoms with van der Waals surface area (Å²) in [4.78, 5) is 10.5. The molecular weight excluding hydrogens is 263 g/mol. The van der Waals surface area contributed by atoms with Crippen LogP contribution in [0.1, 0.15) is 90.9 Å².